The van der Waals surface area contributed by atoms with E-state index in [0.29, 0.717) is 17.3 Å². The summed E-state index contributed by atoms with van der Waals surface area (Å²) in [5, 5.41) is 0. The largest absolute Gasteiger partial charge is 0.0776 e. The molecule has 0 aromatic heterocycles. The molecule has 2 unspecified atom stereocenters. The lowest BCUT2D eigenvalue weighted by atomic mass is 9.84. The van der Waals surface area contributed by atoms with Crippen molar-refractivity contribution in [2.75, 3.05) is 0 Å². The molecule has 0 saturated heterocycles. The molecule has 0 spiro atoms. The summed E-state index contributed by atoms with van der Waals surface area (Å²) in [4.78, 5) is 0. The van der Waals surface area contributed by atoms with E-state index in [9.17, 15) is 0 Å². The van der Waals surface area contributed by atoms with Crippen LogP contribution in [0.1, 0.15) is 113 Å². The molecule has 164 valence electrons. The lowest BCUT2D eigenvalue weighted by Crippen LogP contribution is -2.04. The number of rotatable bonds is 4. The van der Waals surface area contributed by atoms with Gasteiger partial charge in [0.1, 0.15) is 0 Å². The molecular formula is C28H52. The van der Waals surface area contributed by atoms with Gasteiger partial charge in [-0.2, -0.15) is 0 Å². The molecule has 0 radical (unpaired) electrons. The van der Waals surface area contributed by atoms with Crippen LogP contribution in [0.15, 0.2) is 54.6 Å². The van der Waals surface area contributed by atoms with Crippen LogP contribution >= 0.6 is 0 Å². The normalized spacial score (nSPS) is 11.7. The molecule has 2 rings (SSSR count). The van der Waals surface area contributed by atoms with E-state index in [1.807, 2.05) is 0 Å². The summed E-state index contributed by atoms with van der Waals surface area (Å²) < 4.78 is 0. The van der Waals surface area contributed by atoms with Crippen molar-refractivity contribution in [3.63, 3.8) is 0 Å². The number of hydrogen-bond donors (Lipinski definition) is 0. The Balaban J connectivity index is -0.000000231. The summed E-state index contributed by atoms with van der Waals surface area (Å²) in [5.41, 5.74) is 4.72. The Hall–Kier alpha value is -1.56. The van der Waals surface area contributed by atoms with Gasteiger partial charge in [-0.05, 0) is 41.7 Å². The molecule has 2 aromatic rings. The minimum atomic E-state index is 0. The second-order valence-electron chi connectivity index (χ2n) is 8.21. The third-order valence-electron chi connectivity index (χ3n) is 4.68. The van der Waals surface area contributed by atoms with E-state index in [1.54, 1.807) is 0 Å². The molecule has 0 heteroatoms. The maximum absolute atomic E-state index is 2.31. The van der Waals surface area contributed by atoms with Gasteiger partial charge in [-0.15, -0.1) is 0 Å². The highest BCUT2D eigenvalue weighted by molar-refractivity contribution is 5.29. The van der Waals surface area contributed by atoms with E-state index in [0.717, 1.165) is 0 Å². The second kappa shape index (κ2) is 16.4. The van der Waals surface area contributed by atoms with Crippen LogP contribution in [-0.2, 0) is 0 Å². The zero-order valence-corrected chi connectivity index (χ0v) is 16.8. The molecule has 0 bridgehead atoms. The first-order valence-electron chi connectivity index (χ1n) is 9.36. The van der Waals surface area contributed by atoms with E-state index in [4.69, 9.17) is 0 Å². The van der Waals surface area contributed by atoms with E-state index in [2.05, 4.69) is 103 Å². The Morgan fingerprint density at radius 3 is 1.39 bits per heavy atom. The summed E-state index contributed by atoms with van der Waals surface area (Å²) in [7, 11) is 0. The van der Waals surface area contributed by atoms with Crippen molar-refractivity contribution < 1.29 is 0 Å². The summed E-state index contributed by atoms with van der Waals surface area (Å²) >= 11 is 0. The molecular weight excluding hydrogens is 336 g/mol. The van der Waals surface area contributed by atoms with Gasteiger partial charge in [0.15, 0.2) is 0 Å². The molecule has 0 aliphatic rings. The van der Waals surface area contributed by atoms with Gasteiger partial charge in [0, 0.05) is 0 Å². The van der Waals surface area contributed by atoms with Crippen LogP contribution in [0.5, 0.6) is 0 Å². The third kappa shape index (κ3) is 12.8. The quantitative estimate of drug-likeness (QED) is 0.488. The predicted octanol–water partition coefficient (Wildman–Crippen LogP) is 10.3. The van der Waals surface area contributed by atoms with Crippen molar-refractivity contribution in [1.29, 1.82) is 0 Å². The van der Waals surface area contributed by atoms with Crippen molar-refractivity contribution in [2.45, 2.75) is 103 Å². The van der Waals surface area contributed by atoms with Crippen LogP contribution in [0.3, 0.4) is 0 Å². The van der Waals surface area contributed by atoms with E-state index in [-0.39, 0.29) is 29.7 Å². The first-order valence-corrected chi connectivity index (χ1v) is 9.36. The van der Waals surface area contributed by atoms with Gasteiger partial charge in [0.2, 0.25) is 0 Å². The highest BCUT2D eigenvalue weighted by Gasteiger charge is 2.15. The average Bonchev–Trinajstić information content (AvgIpc) is 2.54. The zero-order chi connectivity index (χ0) is 18.2. The highest BCUT2D eigenvalue weighted by atomic mass is 14.2. The SMILES string of the molecule is C.C.C.C.CCCC(C)(C)C.Cc1ccc(C(C)C(C)c2ccccc2)cc1. The second-order valence-corrected chi connectivity index (χ2v) is 8.21. The molecule has 0 fully saturated rings. The van der Waals surface area contributed by atoms with Gasteiger partial charge in [-0.3, -0.25) is 0 Å². The molecule has 0 nitrogen and oxygen atoms in total. The van der Waals surface area contributed by atoms with Gasteiger partial charge in [0.05, 0.1) is 0 Å². The van der Waals surface area contributed by atoms with Crippen molar-refractivity contribution in [1.82, 2.24) is 0 Å². The van der Waals surface area contributed by atoms with Crippen LogP contribution in [0, 0.1) is 12.3 Å². The third-order valence-corrected chi connectivity index (χ3v) is 4.68. The molecule has 28 heavy (non-hydrogen) atoms. The summed E-state index contributed by atoms with van der Waals surface area (Å²) in [5.74, 6) is 1.11. The molecule has 0 amide bonds. The van der Waals surface area contributed by atoms with Crippen molar-refractivity contribution in [3.05, 3.63) is 71.3 Å². The fourth-order valence-corrected chi connectivity index (χ4v) is 2.95. The number of benzene rings is 2. The Labute approximate surface area is 179 Å². The minimum absolute atomic E-state index is 0. The first kappa shape index (κ1) is 34.0. The summed E-state index contributed by atoms with van der Waals surface area (Å²) in [6.45, 7) is 15.8. The van der Waals surface area contributed by atoms with Crippen molar-refractivity contribution >= 4 is 0 Å². The number of aryl methyl sites for hydroxylation is 1. The lowest BCUT2D eigenvalue weighted by molar-refractivity contribution is 0.373. The van der Waals surface area contributed by atoms with Gasteiger partial charge in [-0.25, -0.2) is 0 Å². The van der Waals surface area contributed by atoms with Gasteiger partial charge in [0.25, 0.3) is 0 Å². The van der Waals surface area contributed by atoms with E-state index < -0.39 is 0 Å². The topological polar surface area (TPSA) is 0 Å². The minimum Gasteiger partial charge on any atom is -0.0776 e. The smallest absolute Gasteiger partial charge is 0.0124 e. The van der Waals surface area contributed by atoms with E-state index >= 15 is 0 Å². The Morgan fingerprint density at radius 1 is 0.679 bits per heavy atom. The van der Waals surface area contributed by atoms with Gasteiger partial charge >= 0.3 is 0 Å². The maximum atomic E-state index is 2.31. The lowest BCUT2D eigenvalue weighted by Gasteiger charge is -2.21. The van der Waals surface area contributed by atoms with Crippen LogP contribution in [0.25, 0.3) is 0 Å². The molecule has 2 atom stereocenters. The molecule has 0 heterocycles. The van der Waals surface area contributed by atoms with Crippen LogP contribution in [0.4, 0.5) is 0 Å². The predicted molar refractivity (Wildman–Crippen MR) is 136 cm³/mol. The zero-order valence-electron chi connectivity index (χ0n) is 16.8. The first-order chi connectivity index (χ1) is 11.2. The fourth-order valence-electron chi connectivity index (χ4n) is 2.95. The van der Waals surface area contributed by atoms with Gasteiger partial charge in [-0.1, -0.05) is 138 Å². The monoisotopic (exact) mass is 388 g/mol. The van der Waals surface area contributed by atoms with Crippen LogP contribution < -0.4 is 0 Å². The van der Waals surface area contributed by atoms with Crippen molar-refractivity contribution in [2.24, 2.45) is 5.41 Å². The Bertz CT molecular complexity index is 557. The number of hydrogen-bond acceptors (Lipinski definition) is 0. The van der Waals surface area contributed by atoms with E-state index in [1.165, 1.54) is 29.5 Å². The molecule has 0 aliphatic carbocycles. The van der Waals surface area contributed by atoms with Crippen LogP contribution in [0.2, 0.25) is 0 Å². The van der Waals surface area contributed by atoms with Crippen LogP contribution in [-0.4, -0.2) is 0 Å². The maximum Gasteiger partial charge on any atom is -0.0124 e. The average molecular weight is 389 g/mol. The summed E-state index contributed by atoms with van der Waals surface area (Å²) in [6, 6.07) is 19.6. The highest BCUT2D eigenvalue weighted by Crippen LogP contribution is 2.32. The summed E-state index contributed by atoms with van der Waals surface area (Å²) in [6.07, 6.45) is 2.65. The molecule has 0 aliphatic heterocycles. The molecule has 0 N–H and O–H groups in total. The molecule has 2 aromatic carbocycles. The molecule has 0 saturated carbocycles. The standard InChI is InChI=1S/C17H20.C7H16.4CH4/c1-13-9-11-17(12-10-13)15(3)14(2)16-7-5-4-6-8-16;1-5-6-7(2,3)4;;;;/h4-12,14-15H,1-3H3;5-6H2,1-4H3;4*1H4. The fraction of sp³-hybridized carbons (Fsp3) is 0.571. The van der Waals surface area contributed by atoms with Gasteiger partial charge < -0.3 is 0 Å². The Morgan fingerprint density at radius 2 is 1.07 bits per heavy atom. The Kier molecular flexibility index (Phi) is 19.9. The van der Waals surface area contributed by atoms with Crippen molar-refractivity contribution in [3.8, 4) is 0 Å².